The van der Waals surface area contributed by atoms with Gasteiger partial charge in [0.05, 0.1) is 17.0 Å². The fraction of sp³-hybridized carbons (Fsp3) is 0.529. The molecule has 1 aliphatic rings. The van der Waals surface area contributed by atoms with E-state index in [0.717, 1.165) is 18.5 Å². The van der Waals surface area contributed by atoms with E-state index in [-0.39, 0.29) is 5.91 Å². The first-order chi connectivity index (χ1) is 11.5. The normalized spacial score (nSPS) is 16.4. The summed E-state index contributed by atoms with van der Waals surface area (Å²) in [5.41, 5.74) is 8.11. The van der Waals surface area contributed by atoms with Crippen molar-refractivity contribution in [3.05, 3.63) is 29.2 Å². The van der Waals surface area contributed by atoms with E-state index < -0.39 is 11.9 Å². The zero-order chi connectivity index (χ0) is 17.3. The zero-order valence-corrected chi connectivity index (χ0v) is 14.1. The molecule has 0 aromatic carbocycles. The molecular formula is C17H23N5O2. The van der Waals surface area contributed by atoms with E-state index in [4.69, 9.17) is 5.73 Å². The summed E-state index contributed by atoms with van der Waals surface area (Å²) in [5.74, 6) is -0.369. The summed E-state index contributed by atoms with van der Waals surface area (Å²) in [7, 11) is 0. The van der Waals surface area contributed by atoms with Crippen LogP contribution in [0, 0.1) is 19.8 Å². The molecule has 2 aromatic heterocycles. The van der Waals surface area contributed by atoms with Gasteiger partial charge in [-0.2, -0.15) is 5.10 Å². The number of primary amides is 1. The molecule has 2 heterocycles. The number of nitrogens with one attached hydrogen (secondary N) is 1. The van der Waals surface area contributed by atoms with Crippen molar-refractivity contribution in [3.8, 4) is 0 Å². The average molecular weight is 329 g/mol. The van der Waals surface area contributed by atoms with Crippen LogP contribution in [0.4, 0.5) is 0 Å². The minimum atomic E-state index is -0.643. The lowest BCUT2D eigenvalue weighted by Gasteiger charge is -2.19. The monoisotopic (exact) mass is 329 g/mol. The molecule has 0 unspecified atom stereocenters. The standard InChI is InChI=1S/C17H23N5O2/c1-10-7-15-19-9-13(11(2)22(15)21-10)17(24)20-14(16(18)23)8-12-5-3-4-6-12/h7,9,12,14H,3-6,8H2,1-2H3,(H2,18,23)(H,20,24)/t14-/m0/s1. The molecule has 7 heteroatoms. The molecule has 0 spiro atoms. The van der Waals surface area contributed by atoms with E-state index in [1.165, 1.54) is 19.0 Å². The van der Waals surface area contributed by atoms with Crippen molar-refractivity contribution in [2.45, 2.75) is 52.0 Å². The van der Waals surface area contributed by atoms with Gasteiger partial charge in [-0.3, -0.25) is 9.59 Å². The van der Waals surface area contributed by atoms with Crippen LogP contribution in [0.1, 0.15) is 53.8 Å². The van der Waals surface area contributed by atoms with Crippen LogP contribution < -0.4 is 11.1 Å². The summed E-state index contributed by atoms with van der Waals surface area (Å²) in [6.45, 7) is 3.69. The van der Waals surface area contributed by atoms with E-state index >= 15 is 0 Å². The first-order valence-electron chi connectivity index (χ1n) is 8.38. The highest BCUT2D eigenvalue weighted by atomic mass is 16.2. The molecule has 0 saturated heterocycles. The topological polar surface area (TPSA) is 102 Å². The van der Waals surface area contributed by atoms with Crippen LogP contribution >= 0.6 is 0 Å². The van der Waals surface area contributed by atoms with E-state index in [0.29, 0.717) is 29.2 Å². The largest absolute Gasteiger partial charge is 0.368 e. The van der Waals surface area contributed by atoms with E-state index in [1.54, 1.807) is 4.52 Å². The summed E-state index contributed by atoms with van der Waals surface area (Å²) in [6, 6.07) is 1.20. The Morgan fingerprint density at radius 2 is 2.08 bits per heavy atom. The molecule has 24 heavy (non-hydrogen) atoms. The number of aryl methyl sites for hydroxylation is 2. The Labute approximate surface area is 140 Å². The molecular weight excluding hydrogens is 306 g/mol. The molecule has 2 aromatic rings. The van der Waals surface area contributed by atoms with Crippen LogP contribution in [0.5, 0.6) is 0 Å². The number of fused-ring (bicyclic) bond motifs is 1. The first-order valence-corrected chi connectivity index (χ1v) is 8.38. The van der Waals surface area contributed by atoms with Crippen LogP contribution in [0.2, 0.25) is 0 Å². The minimum Gasteiger partial charge on any atom is -0.368 e. The maximum Gasteiger partial charge on any atom is 0.255 e. The maximum absolute atomic E-state index is 12.6. The third-order valence-corrected chi connectivity index (χ3v) is 4.78. The molecule has 1 atom stereocenters. The summed E-state index contributed by atoms with van der Waals surface area (Å²) < 4.78 is 1.64. The van der Waals surface area contributed by atoms with Crippen molar-refractivity contribution in [3.63, 3.8) is 0 Å². The summed E-state index contributed by atoms with van der Waals surface area (Å²) >= 11 is 0. The average Bonchev–Trinajstić information content (AvgIpc) is 3.15. The van der Waals surface area contributed by atoms with Gasteiger partial charge in [0.15, 0.2) is 5.65 Å². The van der Waals surface area contributed by atoms with E-state index in [9.17, 15) is 9.59 Å². The van der Waals surface area contributed by atoms with Gasteiger partial charge in [-0.1, -0.05) is 25.7 Å². The highest BCUT2D eigenvalue weighted by Crippen LogP contribution is 2.28. The summed E-state index contributed by atoms with van der Waals surface area (Å²) in [4.78, 5) is 28.6. The van der Waals surface area contributed by atoms with Crippen LogP contribution in [-0.4, -0.2) is 32.5 Å². The highest BCUT2D eigenvalue weighted by molar-refractivity contribution is 5.98. The maximum atomic E-state index is 12.6. The summed E-state index contributed by atoms with van der Waals surface area (Å²) in [6.07, 6.45) is 6.69. The van der Waals surface area contributed by atoms with Crippen LogP contribution in [0.3, 0.4) is 0 Å². The number of carbonyl (C=O) groups is 2. The zero-order valence-electron chi connectivity index (χ0n) is 14.1. The number of hydrogen-bond donors (Lipinski definition) is 2. The van der Waals surface area contributed by atoms with Gasteiger partial charge in [0, 0.05) is 12.3 Å². The van der Waals surface area contributed by atoms with Crippen molar-refractivity contribution >= 4 is 17.5 Å². The lowest BCUT2D eigenvalue weighted by Crippen LogP contribution is -2.45. The number of nitrogens with zero attached hydrogens (tertiary/aromatic N) is 3. The number of aromatic nitrogens is 3. The molecule has 0 aliphatic heterocycles. The Morgan fingerprint density at radius 3 is 2.75 bits per heavy atom. The fourth-order valence-corrected chi connectivity index (χ4v) is 3.45. The number of amides is 2. The first kappa shape index (κ1) is 16.4. The highest BCUT2D eigenvalue weighted by Gasteiger charge is 2.26. The minimum absolute atomic E-state index is 0.336. The smallest absolute Gasteiger partial charge is 0.255 e. The quantitative estimate of drug-likeness (QED) is 0.868. The molecule has 3 N–H and O–H groups in total. The lowest BCUT2D eigenvalue weighted by molar-refractivity contribution is -0.120. The molecule has 128 valence electrons. The molecule has 7 nitrogen and oxygen atoms in total. The molecule has 1 saturated carbocycles. The van der Waals surface area contributed by atoms with Gasteiger partial charge < -0.3 is 11.1 Å². The van der Waals surface area contributed by atoms with Crippen molar-refractivity contribution in [2.24, 2.45) is 11.7 Å². The van der Waals surface area contributed by atoms with Crippen molar-refractivity contribution in [1.82, 2.24) is 19.9 Å². The third kappa shape index (κ3) is 3.25. The van der Waals surface area contributed by atoms with Crippen LogP contribution in [0.15, 0.2) is 12.3 Å². The molecule has 3 rings (SSSR count). The molecule has 2 amide bonds. The van der Waals surface area contributed by atoms with E-state index in [2.05, 4.69) is 15.4 Å². The van der Waals surface area contributed by atoms with Gasteiger partial charge in [-0.25, -0.2) is 9.50 Å². The Balaban J connectivity index is 1.79. The van der Waals surface area contributed by atoms with Crippen molar-refractivity contribution < 1.29 is 9.59 Å². The second kappa shape index (κ2) is 6.59. The Kier molecular flexibility index (Phi) is 4.51. The third-order valence-electron chi connectivity index (χ3n) is 4.78. The molecule has 1 aliphatic carbocycles. The predicted molar refractivity (Wildman–Crippen MR) is 89.5 cm³/mol. The Bertz CT molecular complexity index is 777. The van der Waals surface area contributed by atoms with Gasteiger partial charge >= 0.3 is 0 Å². The molecule has 0 radical (unpaired) electrons. The number of nitrogens with two attached hydrogens (primary N) is 1. The second-order valence-corrected chi connectivity index (χ2v) is 6.63. The lowest BCUT2D eigenvalue weighted by atomic mass is 9.97. The number of hydrogen-bond acceptors (Lipinski definition) is 4. The fourth-order valence-electron chi connectivity index (χ4n) is 3.45. The SMILES string of the molecule is Cc1cc2ncc(C(=O)N[C@@H](CC3CCCC3)C(N)=O)c(C)n2n1. The van der Waals surface area contributed by atoms with Gasteiger partial charge in [0.25, 0.3) is 5.91 Å². The summed E-state index contributed by atoms with van der Waals surface area (Å²) in [5, 5.41) is 7.11. The Morgan fingerprint density at radius 1 is 1.38 bits per heavy atom. The van der Waals surface area contributed by atoms with Gasteiger partial charge in [0.2, 0.25) is 5.91 Å². The molecule has 0 bridgehead atoms. The second-order valence-electron chi connectivity index (χ2n) is 6.63. The van der Waals surface area contributed by atoms with E-state index in [1.807, 2.05) is 19.9 Å². The molecule has 1 fully saturated rings. The van der Waals surface area contributed by atoms with Crippen LogP contribution in [-0.2, 0) is 4.79 Å². The number of carbonyl (C=O) groups excluding carboxylic acids is 2. The predicted octanol–water partition coefficient (Wildman–Crippen LogP) is 1.51. The van der Waals surface area contributed by atoms with Gasteiger partial charge in [0.1, 0.15) is 6.04 Å². The van der Waals surface area contributed by atoms with Gasteiger partial charge in [-0.05, 0) is 26.2 Å². The van der Waals surface area contributed by atoms with Crippen LogP contribution in [0.25, 0.3) is 5.65 Å². The van der Waals surface area contributed by atoms with Gasteiger partial charge in [-0.15, -0.1) is 0 Å². The Hall–Kier alpha value is -2.44. The van der Waals surface area contributed by atoms with Crippen molar-refractivity contribution in [1.29, 1.82) is 0 Å². The number of rotatable bonds is 5. The van der Waals surface area contributed by atoms with Crippen molar-refractivity contribution in [2.75, 3.05) is 0 Å².